The molecule has 0 aromatic heterocycles. The minimum Gasteiger partial charge on any atom is -0.496 e. The van der Waals surface area contributed by atoms with Gasteiger partial charge in [0.05, 0.1) is 13.2 Å². The monoisotopic (exact) mass is 296 g/mol. The molecule has 0 radical (unpaired) electrons. The van der Waals surface area contributed by atoms with E-state index in [1.807, 2.05) is 31.2 Å². The van der Waals surface area contributed by atoms with Gasteiger partial charge < -0.3 is 15.8 Å². The van der Waals surface area contributed by atoms with Gasteiger partial charge in [0, 0.05) is 11.3 Å². The van der Waals surface area contributed by atoms with Crippen molar-refractivity contribution in [3.05, 3.63) is 58.7 Å². The summed E-state index contributed by atoms with van der Waals surface area (Å²) in [5, 5.41) is 3.12. The third kappa shape index (κ3) is 2.52. The van der Waals surface area contributed by atoms with Gasteiger partial charge in [-0.3, -0.25) is 4.79 Å². The Morgan fingerprint density at radius 3 is 2.91 bits per heavy atom. The molecule has 0 fully saturated rings. The summed E-state index contributed by atoms with van der Waals surface area (Å²) in [5.74, 6) is 0.819. The molecule has 1 amide bonds. The molecule has 1 aliphatic rings. The Hall–Kier alpha value is -2.49. The molecule has 2 aromatic rings. The Kier molecular flexibility index (Phi) is 3.75. The Morgan fingerprint density at radius 1 is 1.32 bits per heavy atom. The summed E-state index contributed by atoms with van der Waals surface area (Å²) in [6.07, 6.45) is 1.81. The van der Waals surface area contributed by atoms with Gasteiger partial charge in [0.1, 0.15) is 5.75 Å². The first kappa shape index (κ1) is 14.4. The number of fused-ring (bicyclic) bond motifs is 1. The van der Waals surface area contributed by atoms with Crippen molar-refractivity contribution in [3.8, 4) is 5.75 Å². The van der Waals surface area contributed by atoms with Gasteiger partial charge in [0.15, 0.2) is 0 Å². The summed E-state index contributed by atoms with van der Waals surface area (Å²) in [7, 11) is 1.68. The summed E-state index contributed by atoms with van der Waals surface area (Å²) >= 11 is 0. The van der Waals surface area contributed by atoms with Crippen molar-refractivity contribution in [2.75, 3.05) is 12.8 Å². The van der Waals surface area contributed by atoms with E-state index in [4.69, 9.17) is 10.5 Å². The van der Waals surface area contributed by atoms with Gasteiger partial charge in [-0.15, -0.1) is 0 Å². The zero-order valence-electron chi connectivity index (χ0n) is 12.8. The largest absolute Gasteiger partial charge is 0.496 e. The van der Waals surface area contributed by atoms with Crippen LogP contribution in [0.1, 0.15) is 39.5 Å². The first-order valence-electron chi connectivity index (χ1n) is 7.43. The molecule has 4 heteroatoms. The van der Waals surface area contributed by atoms with Gasteiger partial charge in [-0.25, -0.2) is 0 Å². The standard InChI is InChI=1S/C18H20N2O2/c1-11-6-7-12(19)10-15(11)18(21)20-16-9-8-14-13(16)4-3-5-17(14)22-2/h3-7,10,16H,8-9,19H2,1-2H3,(H,20,21). The highest BCUT2D eigenvalue weighted by atomic mass is 16.5. The van der Waals surface area contributed by atoms with Gasteiger partial charge in [0.25, 0.3) is 5.91 Å². The molecule has 1 atom stereocenters. The van der Waals surface area contributed by atoms with Gasteiger partial charge >= 0.3 is 0 Å². The number of ether oxygens (including phenoxy) is 1. The summed E-state index contributed by atoms with van der Waals surface area (Å²) in [4.78, 5) is 12.5. The van der Waals surface area contributed by atoms with E-state index >= 15 is 0 Å². The SMILES string of the molecule is COc1cccc2c1CCC2NC(=O)c1cc(N)ccc1C. The third-order valence-corrected chi connectivity index (χ3v) is 4.26. The van der Waals surface area contributed by atoms with Crippen LogP contribution < -0.4 is 15.8 Å². The smallest absolute Gasteiger partial charge is 0.252 e. The number of anilines is 1. The molecule has 2 aromatic carbocycles. The normalized spacial score (nSPS) is 16.2. The van der Waals surface area contributed by atoms with Crippen molar-refractivity contribution in [1.29, 1.82) is 0 Å². The number of aryl methyl sites for hydroxylation is 1. The van der Waals surface area contributed by atoms with Crippen LogP contribution in [0.25, 0.3) is 0 Å². The molecular formula is C18H20N2O2. The molecule has 0 bridgehead atoms. The summed E-state index contributed by atoms with van der Waals surface area (Å²) in [6, 6.07) is 11.4. The lowest BCUT2D eigenvalue weighted by molar-refractivity contribution is 0.0936. The van der Waals surface area contributed by atoms with E-state index in [1.165, 1.54) is 5.56 Å². The number of hydrogen-bond acceptors (Lipinski definition) is 3. The first-order chi connectivity index (χ1) is 10.6. The number of carbonyl (C=O) groups excluding carboxylic acids is 1. The average molecular weight is 296 g/mol. The van der Waals surface area contributed by atoms with Gasteiger partial charge in [-0.1, -0.05) is 18.2 Å². The molecule has 1 aliphatic carbocycles. The van der Waals surface area contributed by atoms with E-state index in [2.05, 4.69) is 11.4 Å². The van der Waals surface area contributed by atoms with E-state index in [-0.39, 0.29) is 11.9 Å². The Morgan fingerprint density at radius 2 is 2.14 bits per heavy atom. The third-order valence-electron chi connectivity index (χ3n) is 4.26. The Bertz CT molecular complexity index is 725. The molecule has 0 heterocycles. The molecule has 114 valence electrons. The molecule has 3 rings (SSSR count). The molecule has 4 nitrogen and oxygen atoms in total. The zero-order chi connectivity index (χ0) is 15.7. The fourth-order valence-electron chi connectivity index (χ4n) is 3.08. The highest BCUT2D eigenvalue weighted by Crippen LogP contribution is 2.36. The predicted molar refractivity (Wildman–Crippen MR) is 87.1 cm³/mol. The number of amides is 1. The van der Waals surface area contributed by atoms with Crippen LogP contribution >= 0.6 is 0 Å². The average Bonchev–Trinajstić information content (AvgIpc) is 2.92. The lowest BCUT2D eigenvalue weighted by Gasteiger charge is -2.16. The molecule has 0 saturated carbocycles. The summed E-state index contributed by atoms with van der Waals surface area (Å²) in [5.41, 5.74) is 10.3. The molecule has 0 aliphatic heterocycles. The maximum absolute atomic E-state index is 12.5. The van der Waals surface area contributed by atoms with Crippen LogP contribution in [0.2, 0.25) is 0 Å². The molecular weight excluding hydrogens is 276 g/mol. The van der Waals surface area contributed by atoms with Crippen LogP contribution in [-0.2, 0) is 6.42 Å². The van der Waals surface area contributed by atoms with Crippen LogP contribution in [0.5, 0.6) is 5.75 Å². The predicted octanol–water partition coefficient (Wildman–Crippen LogP) is 3.00. The second kappa shape index (κ2) is 5.72. The van der Waals surface area contributed by atoms with Gasteiger partial charge in [-0.2, -0.15) is 0 Å². The van der Waals surface area contributed by atoms with Crippen molar-refractivity contribution in [1.82, 2.24) is 5.32 Å². The minimum absolute atomic E-state index is 0.0263. The highest BCUT2D eigenvalue weighted by molar-refractivity contribution is 5.96. The van der Waals surface area contributed by atoms with Gasteiger partial charge in [0.2, 0.25) is 0 Å². The number of methoxy groups -OCH3 is 1. The Labute approximate surface area is 130 Å². The lowest BCUT2D eigenvalue weighted by atomic mass is 10.0. The van der Waals surface area contributed by atoms with E-state index in [9.17, 15) is 4.79 Å². The second-order valence-electron chi connectivity index (χ2n) is 5.67. The highest BCUT2D eigenvalue weighted by Gasteiger charge is 2.26. The second-order valence-corrected chi connectivity index (χ2v) is 5.67. The summed E-state index contributed by atoms with van der Waals surface area (Å²) < 4.78 is 5.40. The van der Waals surface area contributed by atoms with Gasteiger partial charge in [-0.05, 0) is 54.7 Å². The van der Waals surface area contributed by atoms with E-state index in [0.29, 0.717) is 11.3 Å². The van der Waals surface area contributed by atoms with Crippen molar-refractivity contribution in [2.24, 2.45) is 0 Å². The number of benzene rings is 2. The topological polar surface area (TPSA) is 64.3 Å². The molecule has 22 heavy (non-hydrogen) atoms. The van der Waals surface area contributed by atoms with E-state index in [0.717, 1.165) is 29.7 Å². The number of hydrogen-bond donors (Lipinski definition) is 2. The molecule has 3 N–H and O–H groups in total. The van der Waals surface area contributed by atoms with Crippen molar-refractivity contribution < 1.29 is 9.53 Å². The lowest BCUT2D eigenvalue weighted by Crippen LogP contribution is -2.27. The van der Waals surface area contributed by atoms with Crippen molar-refractivity contribution in [2.45, 2.75) is 25.8 Å². The van der Waals surface area contributed by atoms with Crippen LogP contribution in [-0.4, -0.2) is 13.0 Å². The number of nitrogens with two attached hydrogens (primary N) is 1. The number of rotatable bonds is 3. The van der Waals surface area contributed by atoms with Crippen LogP contribution in [0.3, 0.4) is 0 Å². The number of nitrogens with one attached hydrogen (secondary N) is 1. The maximum atomic E-state index is 12.5. The fourth-order valence-corrected chi connectivity index (χ4v) is 3.08. The maximum Gasteiger partial charge on any atom is 0.252 e. The zero-order valence-corrected chi connectivity index (χ0v) is 12.8. The van der Waals surface area contributed by atoms with E-state index in [1.54, 1.807) is 13.2 Å². The van der Waals surface area contributed by atoms with Crippen LogP contribution in [0, 0.1) is 6.92 Å². The Balaban J connectivity index is 1.84. The summed E-state index contributed by atoms with van der Waals surface area (Å²) in [6.45, 7) is 1.92. The number of carbonyl (C=O) groups is 1. The quantitative estimate of drug-likeness (QED) is 0.856. The van der Waals surface area contributed by atoms with Crippen molar-refractivity contribution in [3.63, 3.8) is 0 Å². The van der Waals surface area contributed by atoms with Crippen LogP contribution in [0.15, 0.2) is 36.4 Å². The minimum atomic E-state index is -0.0783. The van der Waals surface area contributed by atoms with Crippen molar-refractivity contribution >= 4 is 11.6 Å². The molecule has 1 unspecified atom stereocenters. The fraction of sp³-hybridized carbons (Fsp3) is 0.278. The molecule has 0 spiro atoms. The first-order valence-corrected chi connectivity index (χ1v) is 7.43. The molecule has 0 saturated heterocycles. The number of nitrogen functional groups attached to an aromatic ring is 1. The van der Waals surface area contributed by atoms with Crippen LogP contribution in [0.4, 0.5) is 5.69 Å². The van der Waals surface area contributed by atoms with E-state index < -0.39 is 0 Å².